The summed E-state index contributed by atoms with van der Waals surface area (Å²) < 4.78 is 5.32. The van der Waals surface area contributed by atoms with E-state index in [2.05, 4.69) is 24.1 Å². The van der Waals surface area contributed by atoms with Gasteiger partial charge in [-0.1, -0.05) is 12.1 Å². The van der Waals surface area contributed by atoms with E-state index in [0.717, 1.165) is 43.6 Å². The van der Waals surface area contributed by atoms with Gasteiger partial charge in [-0.05, 0) is 48.4 Å². The highest BCUT2D eigenvalue weighted by Crippen LogP contribution is 2.32. The third kappa shape index (κ3) is 2.47. The van der Waals surface area contributed by atoms with Crippen molar-refractivity contribution in [1.29, 1.82) is 0 Å². The van der Waals surface area contributed by atoms with Gasteiger partial charge >= 0.3 is 0 Å². The molecule has 2 aliphatic rings. The zero-order valence-corrected chi connectivity index (χ0v) is 11.4. The maximum absolute atomic E-state index is 10.5. The molecule has 1 N–H and O–H groups in total. The van der Waals surface area contributed by atoms with Crippen LogP contribution in [0.3, 0.4) is 0 Å². The summed E-state index contributed by atoms with van der Waals surface area (Å²) in [6.45, 7) is 1.89. The van der Waals surface area contributed by atoms with Crippen LogP contribution in [-0.2, 0) is 11.2 Å². The molecule has 0 aromatic heterocycles. The van der Waals surface area contributed by atoms with Crippen LogP contribution in [-0.4, -0.2) is 25.3 Å². The molecule has 0 saturated heterocycles. The molecule has 3 rings (SSSR count). The number of aliphatic hydroxyl groups is 1. The first-order chi connectivity index (χ1) is 9.25. The Hall–Kier alpha value is -1.48. The van der Waals surface area contributed by atoms with Crippen LogP contribution in [0, 0.1) is 0 Å². The van der Waals surface area contributed by atoms with Gasteiger partial charge in [0.2, 0.25) is 0 Å². The summed E-state index contributed by atoms with van der Waals surface area (Å²) in [7, 11) is 2.13. The van der Waals surface area contributed by atoms with Gasteiger partial charge < -0.3 is 14.7 Å². The topological polar surface area (TPSA) is 32.7 Å². The number of hydrogen-bond donors (Lipinski definition) is 1. The number of nitrogens with zero attached hydrogens (tertiary/aromatic N) is 1. The lowest BCUT2D eigenvalue weighted by Gasteiger charge is -2.28. The molecule has 2 aliphatic heterocycles. The average molecular weight is 259 g/mol. The predicted octanol–water partition coefficient (Wildman–Crippen LogP) is 2.80. The number of aryl methyl sites for hydroxylation is 1. The van der Waals surface area contributed by atoms with Gasteiger partial charge in [0, 0.05) is 19.3 Å². The van der Waals surface area contributed by atoms with Crippen molar-refractivity contribution in [2.45, 2.75) is 31.8 Å². The Labute approximate surface area is 114 Å². The molecule has 2 heterocycles. The number of hydrogen-bond acceptors (Lipinski definition) is 3. The van der Waals surface area contributed by atoms with Crippen molar-refractivity contribution >= 4 is 5.69 Å². The molecule has 1 aromatic carbocycles. The second kappa shape index (κ2) is 5.25. The molecule has 0 aliphatic carbocycles. The van der Waals surface area contributed by atoms with Gasteiger partial charge in [0.1, 0.15) is 6.10 Å². The van der Waals surface area contributed by atoms with Gasteiger partial charge in [0.15, 0.2) is 0 Å². The van der Waals surface area contributed by atoms with Gasteiger partial charge in [-0.3, -0.25) is 0 Å². The van der Waals surface area contributed by atoms with E-state index >= 15 is 0 Å². The van der Waals surface area contributed by atoms with Crippen molar-refractivity contribution in [3.8, 4) is 0 Å². The first-order valence-corrected chi connectivity index (χ1v) is 7.08. The molecule has 1 atom stereocenters. The Morgan fingerprint density at radius 3 is 2.95 bits per heavy atom. The van der Waals surface area contributed by atoms with Crippen molar-refractivity contribution in [3.63, 3.8) is 0 Å². The Bertz CT molecular complexity index is 496. The highest BCUT2D eigenvalue weighted by molar-refractivity contribution is 5.56. The minimum Gasteiger partial charge on any atom is -0.501 e. The summed E-state index contributed by atoms with van der Waals surface area (Å²) in [5.41, 5.74) is 4.64. The third-order valence-corrected chi connectivity index (χ3v) is 4.08. The lowest BCUT2D eigenvalue weighted by Crippen LogP contribution is -2.24. The Kier molecular flexibility index (Phi) is 3.47. The van der Waals surface area contributed by atoms with Crippen LogP contribution in [0.15, 0.2) is 30.0 Å². The van der Waals surface area contributed by atoms with Crippen molar-refractivity contribution in [2.24, 2.45) is 0 Å². The average Bonchev–Trinajstić information content (AvgIpc) is 2.47. The Morgan fingerprint density at radius 2 is 2.16 bits per heavy atom. The zero-order chi connectivity index (χ0) is 13.2. The Balaban J connectivity index is 1.87. The molecule has 3 heteroatoms. The zero-order valence-electron chi connectivity index (χ0n) is 11.4. The van der Waals surface area contributed by atoms with E-state index in [1.165, 1.54) is 17.7 Å². The molecule has 1 aromatic rings. The van der Waals surface area contributed by atoms with Crippen LogP contribution >= 0.6 is 0 Å². The largest absolute Gasteiger partial charge is 0.501 e. The minimum atomic E-state index is -0.516. The van der Waals surface area contributed by atoms with Crippen molar-refractivity contribution in [3.05, 3.63) is 41.2 Å². The lowest BCUT2D eigenvalue weighted by atomic mass is 9.93. The summed E-state index contributed by atoms with van der Waals surface area (Å²) in [6.07, 6.45) is 5.44. The number of rotatable bonds is 2. The maximum Gasteiger partial charge on any atom is 0.103 e. The molecular formula is C16H21NO2. The van der Waals surface area contributed by atoms with E-state index in [4.69, 9.17) is 4.74 Å². The number of aliphatic hydroxyl groups excluding tert-OH is 1. The van der Waals surface area contributed by atoms with Crippen LogP contribution in [0.5, 0.6) is 0 Å². The summed E-state index contributed by atoms with van der Waals surface area (Å²) in [6, 6.07) is 6.34. The summed E-state index contributed by atoms with van der Waals surface area (Å²) >= 11 is 0. The van der Waals surface area contributed by atoms with Crippen LogP contribution in [0.2, 0.25) is 0 Å². The quantitative estimate of drug-likeness (QED) is 0.886. The van der Waals surface area contributed by atoms with Gasteiger partial charge in [-0.2, -0.15) is 0 Å². The number of benzene rings is 1. The summed E-state index contributed by atoms with van der Waals surface area (Å²) in [5, 5.41) is 10.5. The molecule has 19 heavy (non-hydrogen) atoms. The standard InChI is InChI=1S/C16H21NO2/c1-17-8-2-4-12-10-13(6-7-15(12)17)16(18)14-5-3-9-19-11-14/h6-7,10-11,16,18H,2-5,8-9H2,1H3. The third-order valence-electron chi connectivity index (χ3n) is 4.08. The normalized spacial score (nSPS) is 20.3. The van der Waals surface area contributed by atoms with Gasteiger partial charge in [0.05, 0.1) is 12.9 Å². The van der Waals surface area contributed by atoms with Crippen LogP contribution in [0.1, 0.15) is 36.5 Å². The van der Waals surface area contributed by atoms with E-state index in [0.29, 0.717) is 0 Å². The van der Waals surface area contributed by atoms with Crippen molar-refractivity contribution < 1.29 is 9.84 Å². The fourth-order valence-electron chi connectivity index (χ4n) is 2.98. The molecular weight excluding hydrogens is 238 g/mol. The van der Waals surface area contributed by atoms with Crippen molar-refractivity contribution in [2.75, 3.05) is 25.1 Å². The molecule has 0 spiro atoms. The summed E-state index contributed by atoms with van der Waals surface area (Å²) in [4.78, 5) is 2.29. The lowest BCUT2D eigenvalue weighted by molar-refractivity contribution is 0.170. The monoisotopic (exact) mass is 259 g/mol. The van der Waals surface area contributed by atoms with Gasteiger partial charge in [-0.25, -0.2) is 0 Å². The maximum atomic E-state index is 10.5. The van der Waals surface area contributed by atoms with E-state index in [1.807, 2.05) is 6.07 Å². The first-order valence-electron chi connectivity index (χ1n) is 7.08. The number of anilines is 1. The summed E-state index contributed by atoms with van der Waals surface area (Å²) in [5.74, 6) is 0. The minimum absolute atomic E-state index is 0.516. The van der Waals surface area contributed by atoms with E-state index < -0.39 is 6.10 Å². The molecule has 0 saturated carbocycles. The van der Waals surface area contributed by atoms with Crippen LogP contribution in [0.4, 0.5) is 5.69 Å². The SMILES string of the molecule is CN1CCCc2cc(C(O)C3=COCCC3)ccc21. The van der Waals surface area contributed by atoms with Gasteiger partial charge in [-0.15, -0.1) is 0 Å². The highest BCUT2D eigenvalue weighted by Gasteiger charge is 2.19. The molecule has 0 fully saturated rings. The first kappa shape index (κ1) is 12.5. The van der Waals surface area contributed by atoms with Crippen LogP contribution in [0.25, 0.3) is 0 Å². The molecule has 1 unspecified atom stereocenters. The molecule has 3 nitrogen and oxygen atoms in total. The molecule has 0 radical (unpaired) electrons. The van der Waals surface area contributed by atoms with Crippen molar-refractivity contribution in [1.82, 2.24) is 0 Å². The predicted molar refractivity (Wildman–Crippen MR) is 76.3 cm³/mol. The number of ether oxygens (including phenoxy) is 1. The van der Waals surface area contributed by atoms with E-state index in [9.17, 15) is 5.11 Å². The number of fused-ring (bicyclic) bond motifs is 1. The smallest absolute Gasteiger partial charge is 0.103 e. The second-order valence-electron chi connectivity index (χ2n) is 5.48. The second-order valence-corrected chi connectivity index (χ2v) is 5.48. The van der Waals surface area contributed by atoms with E-state index in [1.54, 1.807) is 6.26 Å². The van der Waals surface area contributed by atoms with E-state index in [-0.39, 0.29) is 0 Å². The van der Waals surface area contributed by atoms with Gasteiger partial charge in [0.25, 0.3) is 0 Å². The molecule has 0 amide bonds. The molecule has 102 valence electrons. The van der Waals surface area contributed by atoms with Crippen LogP contribution < -0.4 is 4.90 Å². The Morgan fingerprint density at radius 1 is 1.26 bits per heavy atom. The molecule has 0 bridgehead atoms. The highest BCUT2D eigenvalue weighted by atomic mass is 16.5. The fourth-order valence-corrected chi connectivity index (χ4v) is 2.98. The fraction of sp³-hybridized carbons (Fsp3) is 0.500.